The van der Waals surface area contributed by atoms with Gasteiger partial charge in [0.15, 0.2) is 0 Å². The third kappa shape index (κ3) is 4.88. The van der Waals surface area contributed by atoms with E-state index in [1.165, 1.54) is 23.1 Å². The number of aryl methyl sites for hydroxylation is 2. The number of thioether (sulfide) groups is 1. The lowest BCUT2D eigenvalue weighted by Gasteiger charge is -2.09. The summed E-state index contributed by atoms with van der Waals surface area (Å²) in [4.78, 5) is 25.7. The SMILES string of the molecule is CCOC(=O)c1cc(CC)sc1NC(=O)CSc1nnnn1-c1cccc(C)c1C. The van der Waals surface area contributed by atoms with Crippen molar-refractivity contribution < 1.29 is 14.3 Å². The van der Waals surface area contributed by atoms with Crippen LogP contribution < -0.4 is 5.32 Å². The summed E-state index contributed by atoms with van der Waals surface area (Å²) in [6.07, 6.45) is 0.770. The molecular weight excluding hydrogens is 422 g/mol. The number of nitrogens with one attached hydrogen (secondary N) is 1. The molecule has 1 aromatic carbocycles. The van der Waals surface area contributed by atoms with Crippen LogP contribution in [0.2, 0.25) is 0 Å². The summed E-state index contributed by atoms with van der Waals surface area (Å²) in [7, 11) is 0. The molecule has 10 heteroatoms. The van der Waals surface area contributed by atoms with Gasteiger partial charge in [0.2, 0.25) is 11.1 Å². The fraction of sp³-hybridized carbons (Fsp3) is 0.350. The molecule has 158 valence electrons. The van der Waals surface area contributed by atoms with E-state index in [2.05, 4.69) is 20.8 Å². The van der Waals surface area contributed by atoms with Crippen LogP contribution in [0.4, 0.5) is 5.00 Å². The molecule has 8 nitrogen and oxygen atoms in total. The Bertz CT molecular complexity index is 1060. The number of carbonyl (C=O) groups is 2. The van der Waals surface area contributed by atoms with Crippen molar-refractivity contribution in [1.29, 1.82) is 0 Å². The number of hydrogen-bond acceptors (Lipinski definition) is 8. The summed E-state index contributed by atoms with van der Waals surface area (Å²) in [5.41, 5.74) is 3.46. The van der Waals surface area contributed by atoms with Crippen molar-refractivity contribution in [3.63, 3.8) is 0 Å². The van der Waals surface area contributed by atoms with Crippen LogP contribution in [0, 0.1) is 13.8 Å². The van der Waals surface area contributed by atoms with Gasteiger partial charge in [0.25, 0.3) is 0 Å². The van der Waals surface area contributed by atoms with Crippen molar-refractivity contribution in [1.82, 2.24) is 20.2 Å². The van der Waals surface area contributed by atoms with Crippen molar-refractivity contribution >= 4 is 40.0 Å². The van der Waals surface area contributed by atoms with E-state index in [0.29, 0.717) is 15.7 Å². The third-order valence-electron chi connectivity index (χ3n) is 4.46. The third-order valence-corrected chi connectivity index (χ3v) is 6.57. The largest absolute Gasteiger partial charge is 0.462 e. The maximum atomic E-state index is 12.6. The van der Waals surface area contributed by atoms with Crippen molar-refractivity contribution in [2.24, 2.45) is 0 Å². The molecule has 0 saturated carbocycles. The van der Waals surface area contributed by atoms with Crippen LogP contribution in [0.25, 0.3) is 5.69 Å². The summed E-state index contributed by atoms with van der Waals surface area (Å²) in [6.45, 7) is 8.05. The average molecular weight is 446 g/mol. The second kappa shape index (κ2) is 9.86. The van der Waals surface area contributed by atoms with Gasteiger partial charge in [0.1, 0.15) is 5.00 Å². The molecule has 0 aliphatic rings. The second-order valence-electron chi connectivity index (χ2n) is 6.46. The van der Waals surface area contributed by atoms with E-state index in [1.54, 1.807) is 17.7 Å². The first-order valence-corrected chi connectivity index (χ1v) is 11.3. The first-order valence-electron chi connectivity index (χ1n) is 9.52. The van der Waals surface area contributed by atoms with Crippen LogP contribution in [0.5, 0.6) is 0 Å². The number of ether oxygens (including phenoxy) is 1. The second-order valence-corrected chi connectivity index (χ2v) is 8.54. The van der Waals surface area contributed by atoms with Crippen molar-refractivity contribution in [2.75, 3.05) is 17.7 Å². The van der Waals surface area contributed by atoms with Gasteiger partial charge >= 0.3 is 5.97 Å². The lowest BCUT2D eigenvalue weighted by atomic mass is 10.1. The number of nitrogens with zero attached hydrogens (tertiary/aromatic N) is 4. The van der Waals surface area contributed by atoms with Gasteiger partial charge in [0, 0.05) is 4.88 Å². The van der Waals surface area contributed by atoms with Crippen LogP contribution in [0.15, 0.2) is 29.4 Å². The summed E-state index contributed by atoms with van der Waals surface area (Å²) in [5, 5.41) is 15.7. The number of hydrogen-bond donors (Lipinski definition) is 1. The van der Waals surface area contributed by atoms with E-state index < -0.39 is 5.97 Å². The van der Waals surface area contributed by atoms with Crippen LogP contribution in [0.3, 0.4) is 0 Å². The number of aromatic nitrogens is 4. The summed E-state index contributed by atoms with van der Waals surface area (Å²) < 4.78 is 6.72. The van der Waals surface area contributed by atoms with Gasteiger partial charge in [0.05, 0.1) is 23.6 Å². The smallest absolute Gasteiger partial charge is 0.341 e. The number of carbonyl (C=O) groups excluding carboxylic acids is 2. The van der Waals surface area contributed by atoms with Crippen molar-refractivity contribution in [3.05, 3.63) is 45.8 Å². The molecule has 0 aliphatic heterocycles. The fourth-order valence-corrected chi connectivity index (χ4v) is 4.43. The maximum absolute atomic E-state index is 12.6. The molecule has 30 heavy (non-hydrogen) atoms. The number of rotatable bonds is 8. The Hall–Kier alpha value is -2.72. The predicted molar refractivity (Wildman–Crippen MR) is 118 cm³/mol. The molecule has 0 radical (unpaired) electrons. The number of amides is 1. The minimum absolute atomic E-state index is 0.104. The van der Waals surface area contributed by atoms with Gasteiger partial charge < -0.3 is 10.1 Å². The molecule has 0 atom stereocenters. The zero-order valence-electron chi connectivity index (χ0n) is 17.3. The highest BCUT2D eigenvalue weighted by Gasteiger charge is 2.19. The fourth-order valence-electron chi connectivity index (χ4n) is 2.75. The van der Waals surface area contributed by atoms with Crippen LogP contribution in [-0.2, 0) is 16.0 Å². The van der Waals surface area contributed by atoms with Gasteiger partial charge in [-0.3, -0.25) is 4.79 Å². The highest BCUT2D eigenvalue weighted by molar-refractivity contribution is 7.99. The van der Waals surface area contributed by atoms with Crippen LogP contribution in [-0.4, -0.2) is 44.4 Å². The van der Waals surface area contributed by atoms with Gasteiger partial charge in [-0.15, -0.1) is 16.4 Å². The Balaban J connectivity index is 1.71. The van der Waals surface area contributed by atoms with E-state index in [9.17, 15) is 9.59 Å². The van der Waals surface area contributed by atoms with Crippen molar-refractivity contribution in [2.45, 2.75) is 39.3 Å². The average Bonchev–Trinajstić information content (AvgIpc) is 3.35. The van der Waals surface area contributed by atoms with Crippen molar-refractivity contribution in [3.8, 4) is 5.69 Å². The molecule has 2 aromatic heterocycles. The number of thiophene rings is 1. The number of esters is 1. The Labute approximate surface area is 183 Å². The summed E-state index contributed by atoms with van der Waals surface area (Å²) in [5.74, 6) is -0.576. The zero-order chi connectivity index (χ0) is 21.7. The summed E-state index contributed by atoms with van der Waals surface area (Å²) in [6, 6.07) is 7.68. The first-order chi connectivity index (χ1) is 14.4. The minimum atomic E-state index is -0.435. The van der Waals surface area contributed by atoms with E-state index in [-0.39, 0.29) is 18.3 Å². The molecule has 1 N–H and O–H groups in total. The highest BCUT2D eigenvalue weighted by Crippen LogP contribution is 2.30. The van der Waals surface area contributed by atoms with E-state index in [1.807, 2.05) is 39.0 Å². The number of anilines is 1. The highest BCUT2D eigenvalue weighted by atomic mass is 32.2. The Morgan fingerprint density at radius 2 is 2.07 bits per heavy atom. The Morgan fingerprint density at radius 1 is 1.27 bits per heavy atom. The predicted octanol–water partition coefficient (Wildman–Crippen LogP) is 3.81. The zero-order valence-corrected chi connectivity index (χ0v) is 18.9. The Morgan fingerprint density at radius 3 is 2.80 bits per heavy atom. The van der Waals surface area contributed by atoms with Gasteiger partial charge in [-0.2, -0.15) is 4.68 Å². The first kappa shape index (κ1) is 22.0. The van der Waals surface area contributed by atoms with Crippen LogP contribution >= 0.6 is 23.1 Å². The Kier molecular flexibility index (Phi) is 7.22. The molecule has 0 bridgehead atoms. The molecule has 3 rings (SSSR count). The lowest BCUT2D eigenvalue weighted by Crippen LogP contribution is -2.16. The van der Waals surface area contributed by atoms with Crippen LogP contribution in [0.1, 0.15) is 40.2 Å². The molecule has 0 fully saturated rings. The van der Waals surface area contributed by atoms with E-state index >= 15 is 0 Å². The molecule has 2 heterocycles. The summed E-state index contributed by atoms with van der Waals surface area (Å²) >= 11 is 2.61. The molecule has 0 unspecified atom stereocenters. The molecule has 1 amide bonds. The molecule has 0 saturated heterocycles. The number of tetrazole rings is 1. The lowest BCUT2D eigenvalue weighted by molar-refractivity contribution is -0.113. The van der Waals surface area contributed by atoms with Gasteiger partial charge in [-0.25, -0.2) is 4.79 Å². The van der Waals surface area contributed by atoms with Gasteiger partial charge in [-0.05, 0) is 60.9 Å². The molecular formula is C20H23N5O3S2. The maximum Gasteiger partial charge on any atom is 0.341 e. The monoisotopic (exact) mass is 445 g/mol. The number of benzene rings is 1. The topological polar surface area (TPSA) is 99.0 Å². The van der Waals surface area contributed by atoms with E-state index in [0.717, 1.165) is 28.1 Å². The molecule has 0 aliphatic carbocycles. The molecule has 0 spiro atoms. The standard InChI is InChI=1S/C20H23N5O3S2/c1-5-14-10-15(19(27)28-6-2)18(30-14)21-17(26)11-29-20-22-23-24-25(20)16-9-7-8-12(3)13(16)4/h7-10H,5-6,11H2,1-4H3,(H,21,26). The molecule has 3 aromatic rings. The minimum Gasteiger partial charge on any atom is -0.462 e. The van der Waals surface area contributed by atoms with E-state index in [4.69, 9.17) is 4.74 Å². The normalized spacial score (nSPS) is 10.8. The quantitative estimate of drug-likeness (QED) is 0.416. The van der Waals surface area contributed by atoms with Gasteiger partial charge in [-0.1, -0.05) is 30.8 Å².